The van der Waals surface area contributed by atoms with Gasteiger partial charge in [0.15, 0.2) is 0 Å². The number of carbonyl (C=O) groups is 2. The second-order valence-electron chi connectivity index (χ2n) is 1.83. The minimum absolute atomic E-state index is 0. The van der Waals surface area contributed by atoms with Crippen LogP contribution in [0.5, 0.6) is 0 Å². The number of unbranched alkanes of at least 4 members (excludes halogenated alkanes) is 1. The van der Waals surface area contributed by atoms with Gasteiger partial charge >= 0.3 is 42.0 Å². The van der Waals surface area contributed by atoms with Gasteiger partial charge in [0.05, 0.1) is 0 Å². The molecule has 0 radical (unpaired) electrons. The number of esters is 1. The molecule has 0 atom stereocenters. The zero-order valence-electron chi connectivity index (χ0n) is 8.12. The SMILES string of the molecule is Cl.NCCCCC(=O)OC=O.[H-].[Na+]. The molecule has 0 heterocycles. The van der Waals surface area contributed by atoms with Gasteiger partial charge in [-0.3, -0.25) is 9.59 Å². The summed E-state index contributed by atoms with van der Waals surface area (Å²) in [6.07, 6.45) is 1.74. The van der Waals surface area contributed by atoms with Gasteiger partial charge in [-0.25, -0.2) is 0 Å². The Hall–Kier alpha value is 0.390. The van der Waals surface area contributed by atoms with E-state index in [1.807, 2.05) is 0 Å². The molecule has 0 saturated heterocycles. The number of ether oxygens (including phenoxy) is 1. The normalized spacial score (nSPS) is 7.42. The van der Waals surface area contributed by atoms with Gasteiger partial charge in [0.2, 0.25) is 0 Å². The number of hydrogen-bond donors (Lipinski definition) is 1. The van der Waals surface area contributed by atoms with Crippen LogP contribution < -0.4 is 35.3 Å². The summed E-state index contributed by atoms with van der Waals surface area (Å²) in [6, 6.07) is 0. The van der Waals surface area contributed by atoms with E-state index in [1.54, 1.807) is 0 Å². The summed E-state index contributed by atoms with van der Waals surface area (Å²) >= 11 is 0. The minimum Gasteiger partial charge on any atom is -1.00 e. The molecule has 0 aliphatic carbocycles. The summed E-state index contributed by atoms with van der Waals surface area (Å²) in [6.45, 7) is 0.707. The first-order valence-electron chi connectivity index (χ1n) is 3.14. The molecule has 0 fully saturated rings. The van der Waals surface area contributed by atoms with Gasteiger partial charge in [-0.15, -0.1) is 12.4 Å². The summed E-state index contributed by atoms with van der Waals surface area (Å²) in [5, 5.41) is 0. The summed E-state index contributed by atoms with van der Waals surface area (Å²) < 4.78 is 4.03. The monoisotopic (exact) mass is 205 g/mol. The Bertz CT molecular complexity index is 128. The van der Waals surface area contributed by atoms with Gasteiger partial charge in [-0.05, 0) is 19.4 Å². The molecule has 68 valence electrons. The first kappa shape index (κ1) is 18.2. The zero-order chi connectivity index (χ0) is 7.82. The van der Waals surface area contributed by atoms with Crippen molar-refractivity contribution in [3.63, 3.8) is 0 Å². The molecule has 0 aliphatic rings. The molecule has 0 bridgehead atoms. The molecule has 0 aromatic heterocycles. The van der Waals surface area contributed by atoms with Crippen LogP contribution in [0.25, 0.3) is 0 Å². The quantitative estimate of drug-likeness (QED) is 0.175. The van der Waals surface area contributed by atoms with E-state index >= 15 is 0 Å². The zero-order valence-corrected chi connectivity index (χ0v) is 9.93. The van der Waals surface area contributed by atoms with Crippen LogP contribution >= 0.6 is 12.4 Å². The Balaban J connectivity index is -0.000000135. The molecule has 4 nitrogen and oxygen atoms in total. The summed E-state index contributed by atoms with van der Waals surface area (Å²) in [4.78, 5) is 20.0. The standard InChI is InChI=1S/C6H11NO3.ClH.Na.H/c7-4-2-1-3-6(9)10-5-8;;;/h5H,1-4,7H2;1H;;/q;;+1;-1. The van der Waals surface area contributed by atoms with Crippen LogP contribution in [0.3, 0.4) is 0 Å². The fourth-order valence-electron chi connectivity index (χ4n) is 0.526. The van der Waals surface area contributed by atoms with Crippen LogP contribution in [0.15, 0.2) is 0 Å². The van der Waals surface area contributed by atoms with E-state index in [2.05, 4.69) is 4.74 Å². The molecule has 0 aliphatic heterocycles. The first-order chi connectivity index (χ1) is 4.81. The van der Waals surface area contributed by atoms with Crippen LogP contribution in [-0.2, 0) is 14.3 Å². The Morgan fingerprint density at radius 3 is 2.50 bits per heavy atom. The van der Waals surface area contributed by atoms with Crippen LogP contribution in [0.1, 0.15) is 20.7 Å². The summed E-state index contributed by atoms with van der Waals surface area (Å²) in [5.74, 6) is -0.483. The van der Waals surface area contributed by atoms with E-state index in [-0.39, 0.29) is 56.3 Å². The van der Waals surface area contributed by atoms with Crippen LogP contribution in [0, 0.1) is 0 Å². The number of halogens is 1. The van der Waals surface area contributed by atoms with E-state index in [0.29, 0.717) is 13.0 Å². The maximum atomic E-state index is 10.4. The Morgan fingerprint density at radius 2 is 2.08 bits per heavy atom. The Labute approximate surface area is 101 Å². The number of carbonyl (C=O) groups excluding carboxylic acids is 2. The minimum atomic E-state index is -0.483. The van der Waals surface area contributed by atoms with Crippen molar-refractivity contribution < 1.29 is 45.3 Å². The smallest absolute Gasteiger partial charge is 1.00 e. The summed E-state index contributed by atoms with van der Waals surface area (Å²) in [5.41, 5.74) is 5.17. The molecule has 0 unspecified atom stereocenters. The van der Waals surface area contributed by atoms with Crippen molar-refractivity contribution in [3.05, 3.63) is 0 Å². The second-order valence-corrected chi connectivity index (χ2v) is 1.83. The largest absolute Gasteiger partial charge is 1.00 e. The van der Waals surface area contributed by atoms with E-state index in [0.717, 1.165) is 6.42 Å². The van der Waals surface area contributed by atoms with Gasteiger partial charge in [0.1, 0.15) is 0 Å². The van der Waals surface area contributed by atoms with Gasteiger partial charge in [0.25, 0.3) is 0 Å². The molecular formula is C6H13ClNNaO3. The molecule has 0 rings (SSSR count). The Kier molecular flexibility index (Phi) is 21.2. The predicted octanol–water partition coefficient (Wildman–Crippen LogP) is -2.65. The van der Waals surface area contributed by atoms with Crippen molar-refractivity contribution in [2.24, 2.45) is 5.73 Å². The molecule has 6 heteroatoms. The fourth-order valence-corrected chi connectivity index (χ4v) is 0.526. The second kappa shape index (κ2) is 13.9. The van der Waals surface area contributed by atoms with Crippen molar-refractivity contribution in [2.75, 3.05) is 6.54 Å². The van der Waals surface area contributed by atoms with Crippen LogP contribution in [0.4, 0.5) is 0 Å². The topological polar surface area (TPSA) is 69.4 Å². The molecule has 2 N–H and O–H groups in total. The van der Waals surface area contributed by atoms with Crippen LogP contribution in [0.2, 0.25) is 0 Å². The van der Waals surface area contributed by atoms with Gasteiger partial charge in [0, 0.05) is 6.42 Å². The van der Waals surface area contributed by atoms with Crippen molar-refractivity contribution >= 4 is 24.8 Å². The molecule has 12 heavy (non-hydrogen) atoms. The van der Waals surface area contributed by atoms with E-state index in [9.17, 15) is 9.59 Å². The van der Waals surface area contributed by atoms with Crippen molar-refractivity contribution in [2.45, 2.75) is 19.3 Å². The molecule has 0 aromatic rings. The third kappa shape index (κ3) is 13.0. The van der Waals surface area contributed by atoms with Crippen LogP contribution in [-0.4, -0.2) is 19.0 Å². The summed E-state index contributed by atoms with van der Waals surface area (Å²) in [7, 11) is 0. The van der Waals surface area contributed by atoms with Gasteiger partial charge in [-0.1, -0.05) is 0 Å². The van der Waals surface area contributed by atoms with Crippen molar-refractivity contribution in [1.29, 1.82) is 0 Å². The van der Waals surface area contributed by atoms with E-state index in [4.69, 9.17) is 5.73 Å². The van der Waals surface area contributed by atoms with Gasteiger partial charge < -0.3 is 11.9 Å². The van der Waals surface area contributed by atoms with E-state index < -0.39 is 5.97 Å². The van der Waals surface area contributed by atoms with E-state index in [1.165, 1.54) is 0 Å². The van der Waals surface area contributed by atoms with Crippen molar-refractivity contribution in [3.8, 4) is 0 Å². The average Bonchev–Trinajstić information content (AvgIpc) is 1.89. The molecule has 0 aromatic carbocycles. The fraction of sp³-hybridized carbons (Fsp3) is 0.667. The Morgan fingerprint density at radius 1 is 1.50 bits per heavy atom. The van der Waals surface area contributed by atoms with Crippen molar-refractivity contribution in [1.82, 2.24) is 0 Å². The average molecular weight is 206 g/mol. The molecule has 0 spiro atoms. The third-order valence-electron chi connectivity index (χ3n) is 1.01. The molecule has 0 amide bonds. The first-order valence-corrected chi connectivity index (χ1v) is 3.14. The number of nitrogens with two attached hydrogens (primary N) is 1. The number of hydrogen-bond acceptors (Lipinski definition) is 4. The predicted molar refractivity (Wildman–Crippen MR) is 43.4 cm³/mol. The number of rotatable bonds is 5. The molecular weight excluding hydrogens is 193 g/mol. The molecule has 0 saturated carbocycles. The van der Waals surface area contributed by atoms with Gasteiger partial charge in [-0.2, -0.15) is 0 Å². The third-order valence-corrected chi connectivity index (χ3v) is 1.01. The maximum Gasteiger partial charge on any atom is 1.00 e. The maximum absolute atomic E-state index is 10.4.